The second-order valence-corrected chi connectivity index (χ2v) is 7.54. The summed E-state index contributed by atoms with van der Waals surface area (Å²) < 4.78 is 27.7. The number of hydrogen-bond acceptors (Lipinski definition) is 2. The van der Waals surface area contributed by atoms with Crippen LogP contribution in [0, 0.1) is 23.5 Å². The molecule has 1 aromatic rings. The van der Waals surface area contributed by atoms with E-state index in [1.54, 1.807) is 0 Å². The first-order valence-electron chi connectivity index (χ1n) is 9.09. The van der Waals surface area contributed by atoms with Crippen molar-refractivity contribution in [3.05, 3.63) is 35.4 Å². The van der Waals surface area contributed by atoms with Gasteiger partial charge in [-0.1, -0.05) is 6.07 Å². The van der Waals surface area contributed by atoms with Crippen molar-refractivity contribution in [1.82, 2.24) is 10.2 Å². The Morgan fingerprint density at radius 3 is 2.36 bits per heavy atom. The van der Waals surface area contributed by atoms with E-state index in [1.807, 2.05) is 4.90 Å². The van der Waals surface area contributed by atoms with Crippen LogP contribution in [0.5, 0.6) is 0 Å². The highest BCUT2D eigenvalue weighted by atomic mass is 35.5. The zero-order valence-electron chi connectivity index (χ0n) is 14.2. The van der Waals surface area contributed by atoms with E-state index in [-0.39, 0.29) is 35.7 Å². The molecule has 4 rings (SSSR count). The minimum atomic E-state index is -0.529. The number of nitrogens with one attached hydrogen (secondary N) is 1. The number of piperidine rings is 1. The van der Waals surface area contributed by atoms with Gasteiger partial charge in [0.05, 0.1) is 0 Å². The van der Waals surface area contributed by atoms with Crippen LogP contribution in [0.15, 0.2) is 18.2 Å². The summed E-state index contributed by atoms with van der Waals surface area (Å²) in [5.74, 6) is -0.649. The van der Waals surface area contributed by atoms with Crippen LogP contribution in [-0.2, 0) is 4.79 Å². The number of nitrogens with zero attached hydrogens (tertiary/aromatic N) is 1. The number of carbonyl (C=O) groups excluding carboxylic acids is 1. The molecule has 3 aliphatic rings. The van der Waals surface area contributed by atoms with Gasteiger partial charge in [0.2, 0.25) is 5.91 Å². The van der Waals surface area contributed by atoms with Gasteiger partial charge in [-0.2, -0.15) is 0 Å². The van der Waals surface area contributed by atoms with Crippen molar-refractivity contribution in [2.75, 3.05) is 19.6 Å². The molecule has 1 N–H and O–H groups in total. The van der Waals surface area contributed by atoms with Gasteiger partial charge < -0.3 is 10.2 Å². The van der Waals surface area contributed by atoms with Gasteiger partial charge in [-0.3, -0.25) is 4.79 Å². The third kappa shape index (κ3) is 4.14. The molecule has 1 aliphatic heterocycles. The van der Waals surface area contributed by atoms with Crippen molar-refractivity contribution in [3.8, 4) is 0 Å². The van der Waals surface area contributed by atoms with Gasteiger partial charge >= 0.3 is 0 Å². The number of halogens is 3. The number of hydrogen-bond donors (Lipinski definition) is 1. The molecule has 0 radical (unpaired) electrons. The largest absolute Gasteiger partial charge is 0.342 e. The molecule has 138 valence electrons. The van der Waals surface area contributed by atoms with Crippen molar-refractivity contribution in [2.45, 2.75) is 44.1 Å². The van der Waals surface area contributed by atoms with Gasteiger partial charge in [0.15, 0.2) is 0 Å². The van der Waals surface area contributed by atoms with E-state index in [0.717, 1.165) is 38.4 Å². The zero-order valence-corrected chi connectivity index (χ0v) is 15.0. The van der Waals surface area contributed by atoms with Crippen LogP contribution in [0.25, 0.3) is 0 Å². The molecule has 2 atom stereocenters. The summed E-state index contributed by atoms with van der Waals surface area (Å²) in [7, 11) is 0. The van der Waals surface area contributed by atoms with E-state index < -0.39 is 11.6 Å². The summed E-state index contributed by atoms with van der Waals surface area (Å²) in [6, 6.07) is 4.42. The van der Waals surface area contributed by atoms with Crippen molar-refractivity contribution in [3.63, 3.8) is 0 Å². The number of rotatable bonds is 5. The van der Waals surface area contributed by atoms with Crippen molar-refractivity contribution < 1.29 is 13.6 Å². The number of amides is 1. The summed E-state index contributed by atoms with van der Waals surface area (Å²) >= 11 is 0. The van der Waals surface area contributed by atoms with Gasteiger partial charge in [-0.15, -0.1) is 12.4 Å². The van der Waals surface area contributed by atoms with E-state index in [9.17, 15) is 13.6 Å². The maximum Gasteiger partial charge on any atom is 0.226 e. The average molecular weight is 371 g/mol. The molecule has 1 amide bonds. The minimum absolute atomic E-state index is 0. The molecule has 1 saturated heterocycles. The molecule has 25 heavy (non-hydrogen) atoms. The fraction of sp³-hybridized carbons (Fsp3) is 0.632. The first kappa shape index (κ1) is 18.6. The van der Waals surface area contributed by atoms with Gasteiger partial charge in [0.1, 0.15) is 11.6 Å². The van der Waals surface area contributed by atoms with E-state index in [4.69, 9.17) is 0 Å². The van der Waals surface area contributed by atoms with Crippen LogP contribution in [0.3, 0.4) is 0 Å². The third-order valence-corrected chi connectivity index (χ3v) is 5.68. The zero-order chi connectivity index (χ0) is 16.7. The maximum absolute atomic E-state index is 13.9. The lowest BCUT2D eigenvalue weighted by molar-refractivity contribution is -0.133. The Balaban J connectivity index is 0.00000182. The molecule has 0 aromatic heterocycles. The Morgan fingerprint density at radius 1 is 1.12 bits per heavy atom. The van der Waals surface area contributed by atoms with Crippen LogP contribution < -0.4 is 5.32 Å². The number of likely N-dealkylation sites (tertiary alicyclic amines) is 1. The van der Waals surface area contributed by atoms with Crippen molar-refractivity contribution in [2.24, 2.45) is 11.8 Å². The molecule has 1 heterocycles. The number of benzene rings is 1. The first-order chi connectivity index (χ1) is 11.6. The van der Waals surface area contributed by atoms with Crippen molar-refractivity contribution in [1.29, 1.82) is 0 Å². The van der Waals surface area contributed by atoms with Gasteiger partial charge in [-0.05, 0) is 56.7 Å². The van der Waals surface area contributed by atoms with E-state index in [2.05, 4.69) is 5.32 Å². The van der Waals surface area contributed by atoms with Gasteiger partial charge in [-0.25, -0.2) is 8.78 Å². The molecule has 2 saturated carbocycles. The summed E-state index contributed by atoms with van der Waals surface area (Å²) in [6.45, 7) is 2.62. The Bertz CT molecular complexity index is 610. The smallest absolute Gasteiger partial charge is 0.226 e. The monoisotopic (exact) mass is 370 g/mol. The Hall–Kier alpha value is -1.20. The standard InChI is InChI=1S/C19H24F2N2O.ClH/c20-16-2-1-3-17(21)18(16)14-10-15(14)19(24)23-8-6-13(7-9-23)22-11-12-4-5-12;/h1-3,12-15,22H,4-11H2;1H. The second kappa shape index (κ2) is 7.58. The quantitative estimate of drug-likeness (QED) is 0.860. The summed E-state index contributed by atoms with van der Waals surface area (Å²) in [6.07, 6.45) is 5.21. The van der Waals surface area contributed by atoms with Gasteiger partial charge in [0.25, 0.3) is 0 Å². The maximum atomic E-state index is 13.9. The Labute approximate surface area is 153 Å². The minimum Gasteiger partial charge on any atom is -0.342 e. The Kier molecular flexibility index (Phi) is 5.64. The van der Waals surface area contributed by atoms with Crippen LogP contribution >= 0.6 is 12.4 Å². The second-order valence-electron chi connectivity index (χ2n) is 7.54. The summed E-state index contributed by atoms with van der Waals surface area (Å²) in [4.78, 5) is 14.5. The Morgan fingerprint density at radius 2 is 1.76 bits per heavy atom. The lowest BCUT2D eigenvalue weighted by Crippen LogP contribution is -2.46. The highest BCUT2D eigenvalue weighted by molar-refractivity contribution is 5.85. The molecule has 0 spiro atoms. The fourth-order valence-electron chi connectivity index (χ4n) is 3.85. The summed E-state index contributed by atoms with van der Waals surface area (Å²) in [5.41, 5.74) is 0.0943. The molecule has 2 unspecified atom stereocenters. The molecule has 6 heteroatoms. The predicted molar refractivity (Wildman–Crippen MR) is 94.8 cm³/mol. The lowest BCUT2D eigenvalue weighted by atomic mass is 10.0. The van der Waals surface area contributed by atoms with Crippen LogP contribution in [-0.4, -0.2) is 36.5 Å². The fourth-order valence-corrected chi connectivity index (χ4v) is 3.85. The highest BCUT2D eigenvalue weighted by Gasteiger charge is 2.48. The topological polar surface area (TPSA) is 32.3 Å². The normalized spacial score (nSPS) is 26.2. The predicted octanol–water partition coefficient (Wildman–Crippen LogP) is 3.48. The molecular formula is C19H25ClF2N2O. The third-order valence-electron chi connectivity index (χ3n) is 5.68. The highest BCUT2D eigenvalue weighted by Crippen LogP contribution is 2.50. The molecule has 3 nitrogen and oxygen atoms in total. The van der Waals surface area contributed by atoms with Crippen LogP contribution in [0.4, 0.5) is 8.78 Å². The summed E-state index contributed by atoms with van der Waals surface area (Å²) in [5, 5.41) is 3.60. The van der Waals surface area contributed by atoms with E-state index >= 15 is 0 Å². The van der Waals surface area contributed by atoms with E-state index in [0.29, 0.717) is 12.5 Å². The van der Waals surface area contributed by atoms with Gasteiger partial charge in [0, 0.05) is 36.5 Å². The molecule has 0 bridgehead atoms. The molecule has 2 aliphatic carbocycles. The SMILES string of the molecule is Cl.O=C(C1CC1c1c(F)cccc1F)N1CCC(NCC2CC2)CC1. The number of carbonyl (C=O) groups is 1. The average Bonchev–Trinajstić information content (AvgIpc) is 3.47. The molecular weight excluding hydrogens is 346 g/mol. The molecule has 3 fully saturated rings. The van der Waals surface area contributed by atoms with E-state index in [1.165, 1.54) is 31.0 Å². The molecule has 1 aromatic carbocycles. The lowest BCUT2D eigenvalue weighted by Gasteiger charge is -2.33. The van der Waals surface area contributed by atoms with Crippen LogP contribution in [0.1, 0.15) is 43.6 Å². The first-order valence-corrected chi connectivity index (χ1v) is 9.09. The van der Waals surface area contributed by atoms with Crippen molar-refractivity contribution >= 4 is 18.3 Å². The van der Waals surface area contributed by atoms with Crippen LogP contribution in [0.2, 0.25) is 0 Å².